The van der Waals surface area contributed by atoms with Crippen LogP contribution in [0.1, 0.15) is 23.3 Å². The second-order valence-corrected chi connectivity index (χ2v) is 6.68. The molecule has 0 fully saturated rings. The fraction of sp³-hybridized carbons (Fsp3) is 0.200. The highest BCUT2D eigenvalue weighted by Gasteiger charge is 2.24. The van der Waals surface area contributed by atoms with Gasteiger partial charge >= 0.3 is 0 Å². The third-order valence-electron chi connectivity index (χ3n) is 3.08. The minimum atomic E-state index is -3.30. The van der Waals surface area contributed by atoms with Crippen LogP contribution in [0, 0.1) is 6.92 Å². The van der Waals surface area contributed by atoms with Gasteiger partial charge in [-0.15, -0.1) is 0 Å². The van der Waals surface area contributed by atoms with Crippen molar-refractivity contribution in [1.82, 2.24) is 0 Å². The van der Waals surface area contributed by atoms with E-state index >= 15 is 0 Å². The lowest BCUT2D eigenvalue weighted by atomic mass is 10.1. The molecule has 0 heterocycles. The number of sulfone groups is 1. The molecule has 2 rings (SSSR count). The smallest absolute Gasteiger partial charge is 0.185 e. The first kappa shape index (κ1) is 12.8. The molecule has 0 bridgehead atoms. The Labute approximate surface area is 108 Å². The molecule has 2 aromatic carbocycles. The van der Waals surface area contributed by atoms with Crippen molar-refractivity contribution >= 4 is 9.84 Å². The van der Waals surface area contributed by atoms with Crippen molar-refractivity contribution in [2.75, 3.05) is 0 Å². The first-order chi connectivity index (χ1) is 8.51. The van der Waals surface area contributed by atoms with Gasteiger partial charge in [-0.1, -0.05) is 48.0 Å². The summed E-state index contributed by atoms with van der Waals surface area (Å²) in [7, 11) is -3.30. The zero-order chi connectivity index (χ0) is 13.2. The fourth-order valence-corrected chi connectivity index (χ4v) is 3.29. The van der Waals surface area contributed by atoms with E-state index in [0.29, 0.717) is 4.90 Å². The molecule has 0 radical (unpaired) electrons. The molecule has 2 aromatic rings. The predicted molar refractivity (Wildman–Crippen MR) is 73.2 cm³/mol. The zero-order valence-electron chi connectivity index (χ0n) is 10.5. The van der Waals surface area contributed by atoms with E-state index in [1.165, 1.54) is 0 Å². The van der Waals surface area contributed by atoms with E-state index in [9.17, 15) is 8.42 Å². The van der Waals surface area contributed by atoms with E-state index in [2.05, 4.69) is 0 Å². The SMILES string of the molecule is Cc1ccc(C(C)S(=O)(=O)c2ccccc2)cc1. The Balaban J connectivity index is 2.39. The summed E-state index contributed by atoms with van der Waals surface area (Å²) >= 11 is 0. The molecular formula is C15H16O2S. The molecule has 3 heteroatoms. The van der Waals surface area contributed by atoms with Crippen LogP contribution in [0.3, 0.4) is 0 Å². The van der Waals surface area contributed by atoms with Gasteiger partial charge in [0, 0.05) is 0 Å². The summed E-state index contributed by atoms with van der Waals surface area (Å²) in [5, 5.41) is -0.527. The molecule has 0 N–H and O–H groups in total. The molecule has 94 valence electrons. The number of hydrogen-bond acceptors (Lipinski definition) is 2. The first-order valence-electron chi connectivity index (χ1n) is 5.87. The Hall–Kier alpha value is -1.61. The number of benzene rings is 2. The van der Waals surface area contributed by atoms with Gasteiger partial charge in [0.2, 0.25) is 0 Å². The lowest BCUT2D eigenvalue weighted by Crippen LogP contribution is -2.10. The normalized spacial score (nSPS) is 13.2. The molecular weight excluding hydrogens is 244 g/mol. The molecule has 0 amide bonds. The maximum absolute atomic E-state index is 12.4. The average Bonchev–Trinajstić information content (AvgIpc) is 2.40. The number of hydrogen-bond donors (Lipinski definition) is 0. The van der Waals surface area contributed by atoms with Crippen molar-refractivity contribution in [2.45, 2.75) is 24.0 Å². The van der Waals surface area contributed by atoms with Crippen molar-refractivity contribution in [1.29, 1.82) is 0 Å². The highest BCUT2D eigenvalue weighted by Crippen LogP contribution is 2.28. The summed E-state index contributed by atoms with van der Waals surface area (Å²) in [4.78, 5) is 0.373. The molecule has 0 aliphatic carbocycles. The number of aryl methyl sites for hydroxylation is 1. The minimum Gasteiger partial charge on any atom is -0.223 e. The summed E-state index contributed by atoms with van der Waals surface area (Å²) in [6, 6.07) is 16.2. The van der Waals surface area contributed by atoms with Gasteiger partial charge in [-0.05, 0) is 31.5 Å². The lowest BCUT2D eigenvalue weighted by Gasteiger charge is -2.13. The summed E-state index contributed by atoms with van der Waals surface area (Å²) in [6.07, 6.45) is 0. The van der Waals surface area contributed by atoms with E-state index in [4.69, 9.17) is 0 Å². The van der Waals surface area contributed by atoms with Gasteiger partial charge < -0.3 is 0 Å². The highest BCUT2D eigenvalue weighted by molar-refractivity contribution is 7.91. The Morgan fingerprint density at radius 3 is 2.00 bits per heavy atom. The average molecular weight is 260 g/mol. The zero-order valence-corrected chi connectivity index (χ0v) is 11.3. The molecule has 0 saturated heterocycles. The van der Waals surface area contributed by atoms with Gasteiger partial charge in [0.1, 0.15) is 0 Å². The predicted octanol–water partition coefficient (Wildman–Crippen LogP) is 3.53. The summed E-state index contributed by atoms with van der Waals surface area (Å²) in [5.74, 6) is 0. The van der Waals surface area contributed by atoms with E-state index in [0.717, 1.165) is 11.1 Å². The van der Waals surface area contributed by atoms with Crippen molar-refractivity contribution in [3.05, 3.63) is 65.7 Å². The standard InChI is InChI=1S/C15H16O2S/c1-12-8-10-14(11-9-12)13(2)18(16,17)15-6-4-3-5-7-15/h3-11,13H,1-2H3. The van der Waals surface area contributed by atoms with Crippen molar-refractivity contribution in [3.8, 4) is 0 Å². The van der Waals surface area contributed by atoms with E-state index in [1.807, 2.05) is 37.3 Å². The van der Waals surface area contributed by atoms with Crippen LogP contribution >= 0.6 is 0 Å². The maximum atomic E-state index is 12.4. The summed E-state index contributed by atoms with van der Waals surface area (Å²) < 4.78 is 24.8. The van der Waals surface area contributed by atoms with Crippen LogP contribution in [0.25, 0.3) is 0 Å². The van der Waals surface area contributed by atoms with Gasteiger partial charge in [-0.3, -0.25) is 0 Å². The van der Waals surface area contributed by atoms with E-state index in [-0.39, 0.29) is 0 Å². The molecule has 1 unspecified atom stereocenters. The Morgan fingerprint density at radius 2 is 1.44 bits per heavy atom. The Morgan fingerprint density at radius 1 is 0.889 bits per heavy atom. The van der Waals surface area contributed by atoms with Crippen LogP contribution in [-0.4, -0.2) is 8.42 Å². The van der Waals surface area contributed by atoms with Gasteiger partial charge in [0.15, 0.2) is 9.84 Å². The third kappa shape index (κ3) is 2.46. The van der Waals surface area contributed by atoms with Crippen LogP contribution in [0.15, 0.2) is 59.5 Å². The molecule has 1 atom stereocenters. The molecule has 0 saturated carbocycles. The van der Waals surface area contributed by atoms with Crippen molar-refractivity contribution in [3.63, 3.8) is 0 Å². The van der Waals surface area contributed by atoms with Crippen LogP contribution in [0.2, 0.25) is 0 Å². The first-order valence-corrected chi connectivity index (χ1v) is 7.42. The summed E-state index contributed by atoms with van der Waals surface area (Å²) in [5.41, 5.74) is 1.95. The quantitative estimate of drug-likeness (QED) is 0.846. The topological polar surface area (TPSA) is 34.1 Å². The summed E-state index contributed by atoms with van der Waals surface area (Å²) in [6.45, 7) is 3.72. The monoisotopic (exact) mass is 260 g/mol. The fourth-order valence-electron chi connectivity index (χ4n) is 1.83. The highest BCUT2D eigenvalue weighted by atomic mass is 32.2. The van der Waals surface area contributed by atoms with Crippen LogP contribution < -0.4 is 0 Å². The van der Waals surface area contributed by atoms with Gasteiger partial charge in [0.25, 0.3) is 0 Å². The van der Waals surface area contributed by atoms with Crippen molar-refractivity contribution < 1.29 is 8.42 Å². The van der Waals surface area contributed by atoms with E-state index in [1.54, 1.807) is 31.2 Å². The molecule has 0 aliphatic heterocycles. The molecule has 0 aliphatic rings. The van der Waals surface area contributed by atoms with Crippen LogP contribution in [0.4, 0.5) is 0 Å². The van der Waals surface area contributed by atoms with Crippen LogP contribution in [0.5, 0.6) is 0 Å². The molecule has 0 spiro atoms. The third-order valence-corrected chi connectivity index (χ3v) is 5.22. The largest absolute Gasteiger partial charge is 0.223 e. The second-order valence-electron chi connectivity index (χ2n) is 4.41. The minimum absolute atomic E-state index is 0.373. The second kappa shape index (κ2) is 4.94. The molecule has 18 heavy (non-hydrogen) atoms. The van der Waals surface area contributed by atoms with Gasteiger partial charge in [-0.25, -0.2) is 8.42 Å². The molecule has 2 nitrogen and oxygen atoms in total. The van der Waals surface area contributed by atoms with Gasteiger partial charge in [-0.2, -0.15) is 0 Å². The lowest BCUT2D eigenvalue weighted by molar-refractivity contribution is 0.586. The molecule has 0 aromatic heterocycles. The Kier molecular flexibility index (Phi) is 3.53. The maximum Gasteiger partial charge on any atom is 0.185 e. The van der Waals surface area contributed by atoms with E-state index < -0.39 is 15.1 Å². The van der Waals surface area contributed by atoms with Crippen molar-refractivity contribution in [2.24, 2.45) is 0 Å². The van der Waals surface area contributed by atoms with Gasteiger partial charge in [0.05, 0.1) is 10.1 Å². The number of rotatable bonds is 3. The van der Waals surface area contributed by atoms with Crippen LogP contribution in [-0.2, 0) is 9.84 Å². The Bertz CT molecular complexity index is 613.